The molecule has 3 N–H and O–H groups in total. The SMILES string of the molecule is CC(C)(C)OC(=O)/C=C/C(=O)NN. The molecule has 0 unspecified atom stereocenters. The molecule has 0 aromatic carbocycles. The van der Waals surface area contributed by atoms with Gasteiger partial charge in [0.1, 0.15) is 5.60 Å². The van der Waals surface area contributed by atoms with Crippen LogP contribution in [0.5, 0.6) is 0 Å². The summed E-state index contributed by atoms with van der Waals surface area (Å²) in [5.41, 5.74) is 1.29. The fraction of sp³-hybridized carbons (Fsp3) is 0.500. The second-order valence-corrected chi connectivity index (χ2v) is 3.38. The summed E-state index contributed by atoms with van der Waals surface area (Å²) in [5, 5.41) is 0. The van der Waals surface area contributed by atoms with Crippen LogP contribution in [0.3, 0.4) is 0 Å². The van der Waals surface area contributed by atoms with E-state index in [2.05, 4.69) is 0 Å². The van der Waals surface area contributed by atoms with Crippen molar-refractivity contribution in [3.63, 3.8) is 0 Å². The van der Waals surface area contributed by atoms with E-state index in [0.717, 1.165) is 12.2 Å². The van der Waals surface area contributed by atoms with Gasteiger partial charge in [-0.3, -0.25) is 10.2 Å². The molecule has 0 fully saturated rings. The fourth-order valence-electron chi connectivity index (χ4n) is 0.528. The van der Waals surface area contributed by atoms with Gasteiger partial charge < -0.3 is 4.74 Å². The molecule has 0 saturated heterocycles. The number of hydrogen-bond donors (Lipinski definition) is 2. The molecule has 0 heterocycles. The van der Waals surface area contributed by atoms with E-state index < -0.39 is 17.5 Å². The first-order valence-electron chi connectivity index (χ1n) is 3.77. The molecule has 0 aliphatic rings. The number of ether oxygens (including phenoxy) is 1. The lowest BCUT2D eigenvalue weighted by Crippen LogP contribution is -2.28. The molecule has 0 aliphatic carbocycles. The topological polar surface area (TPSA) is 81.4 Å². The molecule has 0 aromatic heterocycles. The fourth-order valence-corrected chi connectivity index (χ4v) is 0.528. The number of rotatable bonds is 2. The predicted octanol–water partition coefficient (Wildman–Crippen LogP) is -0.126. The highest BCUT2D eigenvalue weighted by Crippen LogP contribution is 2.06. The van der Waals surface area contributed by atoms with Gasteiger partial charge in [-0.25, -0.2) is 10.6 Å². The molecule has 0 spiro atoms. The summed E-state index contributed by atoms with van der Waals surface area (Å²) in [6.45, 7) is 5.21. The first-order chi connectivity index (χ1) is 5.85. The maximum Gasteiger partial charge on any atom is 0.331 e. The molecule has 5 nitrogen and oxygen atoms in total. The van der Waals surface area contributed by atoms with Gasteiger partial charge in [-0.2, -0.15) is 0 Å². The van der Waals surface area contributed by atoms with Crippen LogP contribution in [0.2, 0.25) is 0 Å². The maximum absolute atomic E-state index is 10.9. The summed E-state index contributed by atoms with van der Waals surface area (Å²) in [5.74, 6) is 3.66. The highest BCUT2D eigenvalue weighted by atomic mass is 16.6. The normalized spacial score (nSPS) is 11.4. The standard InChI is InChI=1S/C8H14N2O3/c1-8(2,3)13-7(12)5-4-6(11)10-9/h4-5H,9H2,1-3H3,(H,10,11)/b5-4+. The Morgan fingerprint density at radius 3 is 2.23 bits per heavy atom. The zero-order chi connectivity index (χ0) is 10.5. The summed E-state index contributed by atoms with van der Waals surface area (Å²) in [6, 6.07) is 0. The number of carbonyl (C=O) groups is 2. The predicted molar refractivity (Wildman–Crippen MR) is 47.3 cm³/mol. The lowest BCUT2D eigenvalue weighted by atomic mass is 10.2. The molecule has 0 aromatic rings. The number of hydrogen-bond acceptors (Lipinski definition) is 4. The lowest BCUT2D eigenvalue weighted by Gasteiger charge is -2.17. The van der Waals surface area contributed by atoms with Crippen molar-refractivity contribution >= 4 is 11.9 Å². The third kappa shape index (κ3) is 7.02. The van der Waals surface area contributed by atoms with Gasteiger partial charge >= 0.3 is 5.97 Å². The van der Waals surface area contributed by atoms with Crippen LogP contribution in [0.25, 0.3) is 0 Å². The quantitative estimate of drug-likeness (QED) is 0.207. The maximum atomic E-state index is 10.9. The van der Waals surface area contributed by atoms with Gasteiger partial charge in [0.25, 0.3) is 5.91 Å². The second-order valence-electron chi connectivity index (χ2n) is 3.38. The number of hydrazine groups is 1. The zero-order valence-corrected chi connectivity index (χ0v) is 7.96. The van der Waals surface area contributed by atoms with Crippen LogP contribution in [0, 0.1) is 0 Å². The Balaban J connectivity index is 4.02. The minimum absolute atomic E-state index is 0.550. The molecule has 0 bridgehead atoms. The first-order valence-corrected chi connectivity index (χ1v) is 3.77. The van der Waals surface area contributed by atoms with E-state index >= 15 is 0 Å². The highest BCUT2D eigenvalue weighted by Gasteiger charge is 2.13. The van der Waals surface area contributed by atoms with Crippen LogP contribution in [0.15, 0.2) is 12.2 Å². The van der Waals surface area contributed by atoms with Gasteiger partial charge in [0.2, 0.25) is 0 Å². The molecular weight excluding hydrogens is 172 g/mol. The Kier molecular flexibility index (Phi) is 4.13. The summed E-state index contributed by atoms with van der Waals surface area (Å²) < 4.78 is 4.89. The van der Waals surface area contributed by atoms with Crippen molar-refractivity contribution in [3.05, 3.63) is 12.2 Å². The van der Waals surface area contributed by atoms with Crippen LogP contribution in [-0.4, -0.2) is 17.5 Å². The van der Waals surface area contributed by atoms with Crippen LogP contribution in [0.4, 0.5) is 0 Å². The van der Waals surface area contributed by atoms with E-state index in [1.165, 1.54) is 0 Å². The Morgan fingerprint density at radius 2 is 1.85 bits per heavy atom. The lowest BCUT2D eigenvalue weighted by molar-refractivity contribution is -0.148. The minimum Gasteiger partial charge on any atom is -0.457 e. The third-order valence-electron chi connectivity index (χ3n) is 0.920. The van der Waals surface area contributed by atoms with Gasteiger partial charge in [0.15, 0.2) is 0 Å². The molecular formula is C8H14N2O3. The van der Waals surface area contributed by atoms with Crippen molar-refractivity contribution in [1.82, 2.24) is 5.43 Å². The number of carbonyl (C=O) groups excluding carboxylic acids is 2. The van der Waals surface area contributed by atoms with E-state index in [1.807, 2.05) is 5.43 Å². The molecule has 5 heteroatoms. The monoisotopic (exact) mass is 186 g/mol. The Morgan fingerprint density at radius 1 is 1.31 bits per heavy atom. The average Bonchev–Trinajstić information content (AvgIpc) is 1.97. The van der Waals surface area contributed by atoms with Gasteiger partial charge in [0, 0.05) is 12.2 Å². The van der Waals surface area contributed by atoms with Gasteiger partial charge in [-0.05, 0) is 20.8 Å². The van der Waals surface area contributed by atoms with Crippen molar-refractivity contribution in [1.29, 1.82) is 0 Å². The van der Waals surface area contributed by atoms with Crippen molar-refractivity contribution in [2.75, 3.05) is 0 Å². The van der Waals surface area contributed by atoms with Crippen molar-refractivity contribution < 1.29 is 14.3 Å². The minimum atomic E-state index is -0.573. The summed E-state index contributed by atoms with van der Waals surface area (Å²) >= 11 is 0. The molecule has 13 heavy (non-hydrogen) atoms. The molecule has 0 atom stereocenters. The molecule has 0 aliphatic heterocycles. The molecule has 0 radical (unpaired) electrons. The largest absolute Gasteiger partial charge is 0.457 e. The van der Waals surface area contributed by atoms with Crippen molar-refractivity contribution in [2.24, 2.45) is 5.84 Å². The van der Waals surface area contributed by atoms with Crippen LogP contribution >= 0.6 is 0 Å². The van der Waals surface area contributed by atoms with E-state index in [1.54, 1.807) is 20.8 Å². The molecule has 0 saturated carbocycles. The average molecular weight is 186 g/mol. The Labute approximate surface area is 76.9 Å². The van der Waals surface area contributed by atoms with Crippen LogP contribution in [0.1, 0.15) is 20.8 Å². The van der Waals surface area contributed by atoms with E-state index in [9.17, 15) is 9.59 Å². The second kappa shape index (κ2) is 4.61. The Hall–Kier alpha value is -1.36. The van der Waals surface area contributed by atoms with Crippen LogP contribution in [-0.2, 0) is 14.3 Å². The summed E-state index contributed by atoms with van der Waals surface area (Å²) in [6.07, 6.45) is 2.03. The number of amides is 1. The van der Waals surface area contributed by atoms with Gasteiger partial charge in [0.05, 0.1) is 0 Å². The van der Waals surface area contributed by atoms with E-state index in [0.29, 0.717) is 0 Å². The molecule has 0 rings (SSSR count). The van der Waals surface area contributed by atoms with Gasteiger partial charge in [-0.1, -0.05) is 0 Å². The number of nitrogens with one attached hydrogen (secondary N) is 1. The van der Waals surface area contributed by atoms with Crippen molar-refractivity contribution in [3.8, 4) is 0 Å². The number of esters is 1. The smallest absolute Gasteiger partial charge is 0.331 e. The summed E-state index contributed by atoms with van der Waals surface area (Å²) in [4.78, 5) is 21.5. The van der Waals surface area contributed by atoms with Crippen molar-refractivity contribution in [2.45, 2.75) is 26.4 Å². The third-order valence-corrected chi connectivity index (χ3v) is 0.920. The summed E-state index contributed by atoms with van der Waals surface area (Å²) in [7, 11) is 0. The molecule has 1 amide bonds. The number of nitrogens with two attached hydrogens (primary N) is 1. The zero-order valence-electron chi connectivity index (χ0n) is 7.96. The molecule has 74 valence electrons. The van der Waals surface area contributed by atoms with E-state index in [-0.39, 0.29) is 0 Å². The Bertz CT molecular complexity index is 228. The van der Waals surface area contributed by atoms with Gasteiger partial charge in [-0.15, -0.1) is 0 Å². The van der Waals surface area contributed by atoms with Crippen LogP contribution < -0.4 is 11.3 Å². The van der Waals surface area contributed by atoms with E-state index in [4.69, 9.17) is 10.6 Å². The highest BCUT2D eigenvalue weighted by molar-refractivity contribution is 5.94. The first kappa shape index (κ1) is 11.6.